The minimum absolute atomic E-state index is 0.00458. The van der Waals surface area contributed by atoms with Crippen LogP contribution >= 0.6 is 11.6 Å². The van der Waals surface area contributed by atoms with Crippen molar-refractivity contribution in [1.82, 2.24) is 10.2 Å². The molecule has 2 N–H and O–H groups in total. The normalized spacial score (nSPS) is 10.9. The van der Waals surface area contributed by atoms with Crippen LogP contribution in [0.1, 0.15) is 10.4 Å². The lowest BCUT2D eigenvalue weighted by Gasteiger charge is -2.09. The number of nitro benzene ring substituents is 1. The number of nitro groups is 1. The van der Waals surface area contributed by atoms with Crippen molar-refractivity contribution in [1.29, 1.82) is 0 Å². The van der Waals surface area contributed by atoms with Crippen molar-refractivity contribution in [3.63, 3.8) is 0 Å². The summed E-state index contributed by atoms with van der Waals surface area (Å²) in [4.78, 5) is 22.2. The highest BCUT2D eigenvalue weighted by Gasteiger charge is 2.16. The van der Waals surface area contributed by atoms with E-state index in [1.54, 1.807) is 0 Å². The van der Waals surface area contributed by atoms with Gasteiger partial charge in [0.15, 0.2) is 11.0 Å². The Morgan fingerprint density at radius 3 is 2.17 bits per heavy atom. The molecule has 0 aliphatic carbocycles. The SMILES string of the molecule is O=C(Nc1ccc(S(=O)(=O)Nc2ccc(Cl)nn2)cc1)c1ccc([N+](=O)[O-])cc1. The number of halogens is 1. The Labute approximate surface area is 169 Å². The highest BCUT2D eigenvalue weighted by atomic mass is 35.5. The molecule has 3 aromatic rings. The molecule has 0 fully saturated rings. The molecule has 2 aromatic carbocycles. The Hall–Kier alpha value is -3.57. The molecule has 0 aliphatic heterocycles. The maximum Gasteiger partial charge on any atom is 0.269 e. The topological polar surface area (TPSA) is 144 Å². The van der Waals surface area contributed by atoms with Gasteiger partial charge in [0, 0.05) is 23.4 Å². The monoisotopic (exact) mass is 433 g/mol. The zero-order chi connectivity index (χ0) is 21.0. The Morgan fingerprint density at radius 2 is 1.62 bits per heavy atom. The number of benzene rings is 2. The number of hydrogen-bond donors (Lipinski definition) is 2. The first-order valence-corrected chi connectivity index (χ1v) is 9.79. The number of amides is 1. The third-order valence-electron chi connectivity index (χ3n) is 3.63. The summed E-state index contributed by atoms with van der Waals surface area (Å²) < 4.78 is 27.0. The molecule has 1 aromatic heterocycles. The molecule has 12 heteroatoms. The molecule has 0 unspecified atom stereocenters. The molecule has 0 aliphatic rings. The molecule has 0 bridgehead atoms. The second-order valence-corrected chi connectivity index (χ2v) is 7.70. The van der Waals surface area contributed by atoms with Gasteiger partial charge in [-0.2, -0.15) is 0 Å². The van der Waals surface area contributed by atoms with E-state index in [4.69, 9.17) is 11.6 Å². The second kappa shape index (κ2) is 8.20. The zero-order valence-electron chi connectivity index (χ0n) is 14.4. The molecule has 148 valence electrons. The lowest BCUT2D eigenvalue weighted by molar-refractivity contribution is -0.384. The van der Waals surface area contributed by atoms with E-state index in [-0.39, 0.29) is 27.1 Å². The first-order chi connectivity index (χ1) is 13.7. The Kier molecular flexibility index (Phi) is 5.71. The van der Waals surface area contributed by atoms with E-state index in [0.29, 0.717) is 5.69 Å². The number of nitrogens with one attached hydrogen (secondary N) is 2. The third kappa shape index (κ3) is 5.03. The van der Waals surface area contributed by atoms with E-state index < -0.39 is 20.9 Å². The van der Waals surface area contributed by atoms with Gasteiger partial charge in [0.05, 0.1) is 9.82 Å². The summed E-state index contributed by atoms with van der Waals surface area (Å²) in [6.07, 6.45) is 0. The van der Waals surface area contributed by atoms with E-state index in [0.717, 1.165) is 0 Å². The predicted octanol–water partition coefficient (Wildman–Crippen LogP) is 3.09. The summed E-state index contributed by atoms with van der Waals surface area (Å²) in [7, 11) is -3.91. The Bertz CT molecular complexity index is 1150. The number of non-ortho nitro benzene ring substituents is 1. The highest BCUT2D eigenvalue weighted by molar-refractivity contribution is 7.92. The van der Waals surface area contributed by atoms with Crippen molar-refractivity contribution in [3.05, 3.63) is 81.5 Å². The van der Waals surface area contributed by atoms with Crippen molar-refractivity contribution in [3.8, 4) is 0 Å². The van der Waals surface area contributed by atoms with Gasteiger partial charge in [-0.1, -0.05) is 11.6 Å². The standard InChI is InChI=1S/C17H12ClN5O5S/c18-15-9-10-16(21-20-15)22-29(27,28)14-7-3-12(4-8-14)19-17(24)11-1-5-13(6-2-11)23(25)26/h1-10H,(H,19,24)(H,21,22). The van der Waals surface area contributed by atoms with E-state index in [1.165, 1.54) is 60.7 Å². The largest absolute Gasteiger partial charge is 0.322 e. The number of hydrogen-bond acceptors (Lipinski definition) is 7. The summed E-state index contributed by atoms with van der Waals surface area (Å²) in [5, 5.41) is 20.5. The van der Waals surface area contributed by atoms with Crippen LogP contribution in [0.5, 0.6) is 0 Å². The van der Waals surface area contributed by atoms with Crippen molar-refractivity contribution in [2.75, 3.05) is 10.0 Å². The summed E-state index contributed by atoms with van der Waals surface area (Å²) in [5.74, 6) is -0.491. The molecule has 0 atom stereocenters. The minimum atomic E-state index is -3.91. The molecule has 0 saturated heterocycles. The van der Waals surface area contributed by atoms with Crippen LogP contribution in [0.3, 0.4) is 0 Å². The molecule has 10 nitrogen and oxygen atoms in total. The van der Waals surface area contributed by atoms with E-state index >= 15 is 0 Å². The van der Waals surface area contributed by atoms with Gasteiger partial charge < -0.3 is 5.32 Å². The number of aromatic nitrogens is 2. The summed E-state index contributed by atoms with van der Waals surface area (Å²) in [6, 6.07) is 13.3. The fourth-order valence-corrected chi connectivity index (χ4v) is 3.32. The van der Waals surface area contributed by atoms with Crippen LogP contribution < -0.4 is 10.0 Å². The van der Waals surface area contributed by atoms with Gasteiger partial charge in [0.25, 0.3) is 21.6 Å². The molecular weight excluding hydrogens is 422 g/mol. The summed E-state index contributed by atoms with van der Waals surface area (Å²) in [5.41, 5.74) is 0.433. The lowest BCUT2D eigenvalue weighted by Crippen LogP contribution is -2.15. The molecule has 29 heavy (non-hydrogen) atoms. The summed E-state index contributed by atoms with van der Waals surface area (Å²) in [6.45, 7) is 0. The average Bonchev–Trinajstić information content (AvgIpc) is 2.70. The van der Waals surface area contributed by atoms with Crippen LogP contribution in [0, 0.1) is 10.1 Å². The number of anilines is 2. The van der Waals surface area contributed by atoms with Gasteiger partial charge >= 0.3 is 0 Å². The average molecular weight is 434 g/mol. The molecular formula is C17H12ClN5O5S. The quantitative estimate of drug-likeness (QED) is 0.448. The second-order valence-electron chi connectivity index (χ2n) is 5.63. The van der Waals surface area contributed by atoms with Crippen molar-refractivity contribution in [2.45, 2.75) is 4.90 Å². The van der Waals surface area contributed by atoms with Gasteiger partial charge in [-0.15, -0.1) is 10.2 Å². The summed E-state index contributed by atoms with van der Waals surface area (Å²) >= 11 is 5.61. The molecule has 1 amide bonds. The first-order valence-electron chi connectivity index (χ1n) is 7.92. The first kappa shape index (κ1) is 20.2. The minimum Gasteiger partial charge on any atom is -0.322 e. The fourth-order valence-electron chi connectivity index (χ4n) is 2.22. The van der Waals surface area contributed by atoms with Crippen LogP contribution in [0.25, 0.3) is 0 Å². The molecule has 0 saturated carbocycles. The molecule has 1 heterocycles. The van der Waals surface area contributed by atoms with Gasteiger partial charge in [-0.05, 0) is 48.5 Å². The number of carbonyl (C=O) groups excluding carboxylic acids is 1. The smallest absolute Gasteiger partial charge is 0.269 e. The van der Waals surface area contributed by atoms with E-state index in [1.807, 2.05) is 0 Å². The third-order valence-corrected chi connectivity index (χ3v) is 5.21. The van der Waals surface area contributed by atoms with Crippen LogP contribution in [0.15, 0.2) is 65.6 Å². The maximum absolute atomic E-state index is 12.4. The van der Waals surface area contributed by atoms with Gasteiger partial charge in [0.2, 0.25) is 0 Å². The number of nitrogens with zero attached hydrogens (tertiary/aromatic N) is 3. The molecule has 0 radical (unpaired) electrons. The van der Waals surface area contributed by atoms with Gasteiger partial charge in [-0.25, -0.2) is 8.42 Å². The van der Waals surface area contributed by atoms with Crippen molar-refractivity contribution < 1.29 is 18.1 Å². The van der Waals surface area contributed by atoms with E-state index in [9.17, 15) is 23.3 Å². The molecule has 3 rings (SSSR count). The predicted molar refractivity (Wildman–Crippen MR) is 105 cm³/mol. The zero-order valence-corrected chi connectivity index (χ0v) is 16.0. The lowest BCUT2D eigenvalue weighted by atomic mass is 10.2. The van der Waals surface area contributed by atoms with Gasteiger partial charge in [0.1, 0.15) is 0 Å². The van der Waals surface area contributed by atoms with Crippen LogP contribution in [-0.2, 0) is 10.0 Å². The van der Waals surface area contributed by atoms with Crippen LogP contribution in [-0.4, -0.2) is 29.4 Å². The van der Waals surface area contributed by atoms with Crippen molar-refractivity contribution >= 4 is 44.7 Å². The van der Waals surface area contributed by atoms with Crippen LogP contribution in [0.2, 0.25) is 5.15 Å². The Morgan fingerprint density at radius 1 is 0.966 bits per heavy atom. The number of carbonyl (C=O) groups is 1. The number of sulfonamides is 1. The van der Waals surface area contributed by atoms with Crippen molar-refractivity contribution in [2.24, 2.45) is 0 Å². The van der Waals surface area contributed by atoms with E-state index in [2.05, 4.69) is 20.2 Å². The fraction of sp³-hybridized carbons (Fsp3) is 0. The van der Waals surface area contributed by atoms with Crippen LogP contribution in [0.4, 0.5) is 17.2 Å². The maximum atomic E-state index is 12.4. The Balaban J connectivity index is 1.69. The number of rotatable bonds is 6. The highest BCUT2D eigenvalue weighted by Crippen LogP contribution is 2.19. The van der Waals surface area contributed by atoms with Gasteiger partial charge in [-0.3, -0.25) is 19.6 Å². The molecule has 0 spiro atoms.